The number of aliphatic hydroxyl groups excluding tert-OH is 1. The maximum Gasteiger partial charge on any atom is 0.0750 e. The molecule has 0 radical (unpaired) electrons. The van der Waals surface area contributed by atoms with E-state index < -0.39 is 0 Å². The number of fused-ring (bicyclic) bond motifs is 1. The third-order valence-electron chi connectivity index (χ3n) is 5.99. The standard InChI is InChI=1S/C20H32O/c1-14(2)17-11-13-20(5)12-10-15(3)6-9-19(21)16(4)7-8-18(17)20/h7,10,17-19,21H,1,6,8-9,11-13H2,2-5H3/t17-,18+,19-,20+/m1/s1. The molecule has 2 aliphatic carbocycles. The van der Waals surface area contributed by atoms with Gasteiger partial charge >= 0.3 is 0 Å². The van der Waals surface area contributed by atoms with E-state index in [0.29, 0.717) is 17.3 Å². The molecule has 2 rings (SSSR count). The van der Waals surface area contributed by atoms with Gasteiger partial charge < -0.3 is 5.11 Å². The Labute approximate surface area is 130 Å². The minimum absolute atomic E-state index is 0.276. The molecule has 2 aliphatic rings. The Balaban J connectivity index is 2.32. The van der Waals surface area contributed by atoms with E-state index in [1.54, 1.807) is 0 Å². The molecule has 4 atom stereocenters. The molecule has 0 bridgehead atoms. The van der Waals surface area contributed by atoms with Crippen molar-refractivity contribution in [1.29, 1.82) is 0 Å². The van der Waals surface area contributed by atoms with Crippen LogP contribution in [-0.2, 0) is 0 Å². The third kappa shape index (κ3) is 3.69. The van der Waals surface area contributed by atoms with Crippen LogP contribution in [0.2, 0.25) is 0 Å². The van der Waals surface area contributed by atoms with E-state index in [0.717, 1.165) is 24.8 Å². The van der Waals surface area contributed by atoms with E-state index in [-0.39, 0.29) is 6.10 Å². The lowest BCUT2D eigenvalue weighted by atomic mass is 9.71. The van der Waals surface area contributed by atoms with Crippen molar-refractivity contribution in [3.63, 3.8) is 0 Å². The molecule has 1 fully saturated rings. The van der Waals surface area contributed by atoms with Gasteiger partial charge in [0.25, 0.3) is 0 Å². The zero-order chi connectivity index (χ0) is 15.6. The molecule has 0 aromatic carbocycles. The first-order valence-electron chi connectivity index (χ1n) is 8.49. The van der Waals surface area contributed by atoms with Crippen molar-refractivity contribution in [3.8, 4) is 0 Å². The third-order valence-corrected chi connectivity index (χ3v) is 5.99. The van der Waals surface area contributed by atoms with Crippen LogP contribution in [0.4, 0.5) is 0 Å². The maximum absolute atomic E-state index is 10.3. The van der Waals surface area contributed by atoms with Gasteiger partial charge in [0.2, 0.25) is 0 Å². The van der Waals surface area contributed by atoms with E-state index >= 15 is 0 Å². The molecule has 118 valence electrons. The fourth-order valence-corrected chi connectivity index (χ4v) is 4.20. The van der Waals surface area contributed by atoms with Crippen molar-refractivity contribution in [1.82, 2.24) is 0 Å². The van der Waals surface area contributed by atoms with Crippen molar-refractivity contribution < 1.29 is 5.11 Å². The van der Waals surface area contributed by atoms with Crippen molar-refractivity contribution in [3.05, 3.63) is 35.5 Å². The molecule has 1 saturated carbocycles. The highest BCUT2D eigenvalue weighted by Gasteiger charge is 2.43. The first kappa shape index (κ1) is 16.5. The quantitative estimate of drug-likeness (QED) is 0.638. The predicted molar refractivity (Wildman–Crippen MR) is 91.1 cm³/mol. The lowest BCUT2D eigenvalue weighted by molar-refractivity contribution is 0.197. The summed E-state index contributed by atoms with van der Waals surface area (Å²) >= 11 is 0. The molecule has 0 aromatic rings. The van der Waals surface area contributed by atoms with Gasteiger partial charge in [-0.3, -0.25) is 0 Å². The summed E-state index contributed by atoms with van der Waals surface area (Å²) in [5, 5.41) is 10.3. The summed E-state index contributed by atoms with van der Waals surface area (Å²) in [5.74, 6) is 1.31. The molecule has 1 N–H and O–H groups in total. The summed E-state index contributed by atoms with van der Waals surface area (Å²) in [5.41, 5.74) is 4.31. The lowest BCUT2D eigenvalue weighted by Crippen LogP contribution is -2.25. The number of rotatable bonds is 1. The van der Waals surface area contributed by atoms with Crippen LogP contribution in [0.15, 0.2) is 35.5 Å². The van der Waals surface area contributed by atoms with Gasteiger partial charge in [-0.2, -0.15) is 0 Å². The Kier molecular flexibility index (Phi) is 5.14. The Morgan fingerprint density at radius 3 is 2.67 bits per heavy atom. The summed E-state index contributed by atoms with van der Waals surface area (Å²) in [4.78, 5) is 0. The molecular weight excluding hydrogens is 256 g/mol. The molecule has 0 heterocycles. The second kappa shape index (κ2) is 6.52. The SMILES string of the molecule is C=C(C)[C@H]1CC[C@]2(C)CC=C(C)CC[C@@H](O)C(C)=CC[C@@H]12. The van der Waals surface area contributed by atoms with Gasteiger partial charge in [0.1, 0.15) is 0 Å². The largest absolute Gasteiger partial charge is 0.389 e. The maximum atomic E-state index is 10.3. The lowest BCUT2D eigenvalue weighted by Gasteiger charge is -2.33. The minimum Gasteiger partial charge on any atom is -0.389 e. The molecule has 0 aliphatic heterocycles. The van der Waals surface area contributed by atoms with Crippen LogP contribution in [0.5, 0.6) is 0 Å². The van der Waals surface area contributed by atoms with E-state index in [1.165, 1.54) is 30.4 Å². The topological polar surface area (TPSA) is 20.2 Å². The smallest absolute Gasteiger partial charge is 0.0750 e. The molecule has 0 spiro atoms. The first-order valence-corrected chi connectivity index (χ1v) is 8.49. The van der Waals surface area contributed by atoms with Crippen LogP contribution in [0.1, 0.15) is 66.2 Å². The molecule has 0 amide bonds. The van der Waals surface area contributed by atoms with Crippen LogP contribution in [0.25, 0.3) is 0 Å². The molecule has 1 nitrogen and oxygen atoms in total. The normalized spacial score (nSPS) is 38.0. The minimum atomic E-state index is -0.276. The van der Waals surface area contributed by atoms with Crippen LogP contribution in [0, 0.1) is 17.3 Å². The van der Waals surface area contributed by atoms with Gasteiger partial charge in [0, 0.05) is 0 Å². The van der Waals surface area contributed by atoms with Gasteiger partial charge in [0.05, 0.1) is 6.10 Å². The van der Waals surface area contributed by atoms with Crippen LogP contribution >= 0.6 is 0 Å². The zero-order valence-corrected chi connectivity index (χ0v) is 14.3. The molecule has 0 saturated heterocycles. The molecular formula is C20H32O. The van der Waals surface area contributed by atoms with Crippen LogP contribution < -0.4 is 0 Å². The summed E-state index contributed by atoms with van der Waals surface area (Å²) in [6, 6.07) is 0. The Hall–Kier alpha value is -0.820. The first-order chi connectivity index (χ1) is 9.83. The second-order valence-corrected chi connectivity index (χ2v) is 7.74. The van der Waals surface area contributed by atoms with E-state index in [4.69, 9.17) is 0 Å². The summed E-state index contributed by atoms with van der Waals surface area (Å²) in [7, 11) is 0. The zero-order valence-electron chi connectivity index (χ0n) is 14.3. The molecule has 0 unspecified atom stereocenters. The fourth-order valence-electron chi connectivity index (χ4n) is 4.20. The highest BCUT2D eigenvalue weighted by Crippen LogP contribution is 2.53. The predicted octanol–water partition coefficient (Wildman–Crippen LogP) is 5.42. The van der Waals surface area contributed by atoms with Gasteiger partial charge in [-0.25, -0.2) is 0 Å². The monoisotopic (exact) mass is 288 g/mol. The average molecular weight is 288 g/mol. The number of hydrogen-bond acceptors (Lipinski definition) is 1. The average Bonchev–Trinajstić information content (AvgIpc) is 2.76. The summed E-state index contributed by atoms with van der Waals surface area (Å²) < 4.78 is 0. The number of allylic oxidation sites excluding steroid dienone is 4. The molecule has 21 heavy (non-hydrogen) atoms. The van der Waals surface area contributed by atoms with Crippen molar-refractivity contribution in [2.45, 2.75) is 72.3 Å². The Morgan fingerprint density at radius 1 is 1.29 bits per heavy atom. The van der Waals surface area contributed by atoms with Gasteiger partial charge in [-0.1, -0.05) is 36.8 Å². The highest BCUT2D eigenvalue weighted by molar-refractivity contribution is 5.15. The summed E-state index contributed by atoms with van der Waals surface area (Å²) in [6.07, 6.45) is 11.2. The van der Waals surface area contributed by atoms with Crippen molar-refractivity contribution in [2.24, 2.45) is 17.3 Å². The highest BCUT2D eigenvalue weighted by atomic mass is 16.3. The van der Waals surface area contributed by atoms with E-state index in [2.05, 4.69) is 46.4 Å². The number of aliphatic hydroxyl groups is 1. The van der Waals surface area contributed by atoms with E-state index in [9.17, 15) is 5.11 Å². The van der Waals surface area contributed by atoms with Crippen molar-refractivity contribution >= 4 is 0 Å². The van der Waals surface area contributed by atoms with Gasteiger partial charge in [-0.15, -0.1) is 0 Å². The summed E-state index contributed by atoms with van der Waals surface area (Å²) in [6.45, 7) is 13.2. The molecule has 0 aromatic heterocycles. The van der Waals surface area contributed by atoms with Gasteiger partial charge in [-0.05, 0) is 82.1 Å². The van der Waals surface area contributed by atoms with Crippen LogP contribution in [-0.4, -0.2) is 11.2 Å². The van der Waals surface area contributed by atoms with Crippen molar-refractivity contribution in [2.75, 3.05) is 0 Å². The Morgan fingerprint density at radius 2 is 2.00 bits per heavy atom. The molecule has 1 heteroatoms. The fraction of sp³-hybridized carbons (Fsp3) is 0.700. The second-order valence-electron chi connectivity index (χ2n) is 7.74. The number of hydrogen-bond donors (Lipinski definition) is 1. The van der Waals surface area contributed by atoms with Crippen LogP contribution in [0.3, 0.4) is 0 Å². The Bertz CT molecular complexity index is 456. The van der Waals surface area contributed by atoms with Gasteiger partial charge in [0.15, 0.2) is 0 Å². The van der Waals surface area contributed by atoms with E-state index in [1.807, 2.05) is 0 Å².